The molecule has 430 valence electrons. The Hall–Kier alpha value is -8.57. The van der Waals surface area contributed by atoms with Crippen LogP contribution < -0.4 is 21.3 Å². The van der Waals surface area contributed by atoms with E-state index in [2.05, 4.69) is 36.2 Å². The molecule has 8 amide bonds. The monoisotopic (exact) mass is 1120 g/mol. The van der Waals surface area contributed by atoms with Crippen LogP contribution in [0.2, 0.25) is 0 Å². The number of nitrogens with zero attached hydrogens (tertiary/aromatic N) is 7. The van der Waals surface area contributed by atoms with Gasteiger partial charge in [0.1, 0.15) is 73.0 Å². The van der Waals surface area contributed by atoms with Crippen LogP contribution in [0.5, 0.6) is 5.75 Å². The second kappa shape index (κ2) is 25.7. The molecular formula is C57H69N11O13. The first-order valence-electron chi connectivity index (χ1n) is 27.3. The largest absolute Gasteiger partial charge is 0.505 e. The topological polar surface area (TPSA) is 309 Å². The summed E-state index contributed by atoms with van der Waals surface area (Å²) in [5.74, 6) is -10.1. The van der Waals surface area contributed by atoms with Crippen molar-refractivity contribution in [1.29, 1.82) is 0 Å². The van der Waals surface area contributed by atoms with Gasteiger partial charge in [-0.1, -0.05) is 68.2 Å². The van der Waals surface area contributed by atoms with E-state index in [9.17, 15) is 43.5 Å². The molecule has 2 aliphatic heterocycles. The highest BCUT2D eigenvalue weighted by Gasteiger charge is 2.44. The first-order valence-corrected chi connectivity index (χ1v) is 27.3. The summed E-state index contributed by atoms with van der Waals surface area (Å²) in [6.07, 6.45) is 8.85. The van der Waals surface area contributed by atoms with E-state index in [1.165, 1.54) is 64.1 Å². The van der Waals surface area contributed by atoms with Crippen LogP contribution in [0.1, 0.15) is 99.0 Å². The number of carbonyl (C=O) groups excluding carboxylic acids is 10. The van der Waals surface area contributed by atoms with Crippen LogP contribution in [0.25, 0.3) is 21.9 Å². The van der Waals surface area contributed by atoms with E-state index in [4.69, 9.17) is 9.47 Å². The number of amides is 8. The number of hydrogen-bond acceptors (Lipinski definition) is 16. The summed E-state index contributed by atoms with van der Waals surface area (Å²) in [7, 11) is 5.47. The number of para-hydroxylation sites is 3. The predicted molar refractivity (Wildman–Crippen MR) is 291 cm³/mol. The second-order valence-electron chi connectivity index (χ2n) is 21.3. The fourth-order valence-corrected chi connectivity index (χ4v) is 11.3. The first kappa shape index (κ1) is 58.6. The van der Waals surface area contributed by atoms with Gasteiger partial charge in [0.2, 0.25) is 35.4 Å². The highest BCUT2D eigenvalue weighted by atomic mass is 16.5. The lowest BCUT2D eigenvalue weighted by molar-refractivity contribution is -0.161. The van der Waals surface area contributed by atoms with Crippen molar-refractivity contribution in [3.63, 3.8) is 0 Å². The molecule has 24 nitrogen and oxygen atoms in total. The lowest BCUT2D eigenvalue weighted by Gasteiger charge is -2.37. The van der Waals surface area contributed by atoms with Crippen LogP contribution >= 0.6 is 0 Å². The Morgan fingerprint density at radius 3 is 1.52 bits per heavy atom. The van der Waals surface area contributed by atoms with Crippen molar-refractivity contribution < 1.29 is 62.5 Å². The SMILES string of the molecule is C[C@@H]1NC(=O)[C@H](NC(=O)c2cnc3ccccc3n2)COC(=O)[C@H](C2CCCC2)N(C)C(=O)[C@@H]2C/C=C\C[C@@H](C(=O)N(C)[C@@H](C3CCCC3)C(=O)OC[C@@H](NC(=O)c3nc4ccccc4cc3O)C(=O)N[C@@H](C)C(=O)N2C)N(C)C1=O. The Labute approximate surface area is 467 Å². The zero-order chi connectivity index (χ0) is 58.2. The zero-order valence-corrected chi connectivity index (χ0v) is 46.2. The first-order chi connectivity index (χ1) is 38.7. The number of carbonyl (C=O) groups is 10. The fourth-order valence-electron chi connectivity index (χ4n) is 11.3. The van der Waals surface area contributed by atoms with Crippen LogP contribution in [0.3, 0.4) is 0 Å². The van der Waals surface area contributed by atoms with Crippen molar-refractivity contribution in [2.45, 2.75) is 126 Å². The third kappa shape index (κ3) is 13.2. The minimum absolute atomic E-state index is 0.171. The third-order valence-corrected chi connectivity index (χ3v) is 15.9. The number of aromatic hydroxyl groups is 1. The van der Waals surface area contributed by atoms with E-state index >= 15 is 9.59 Å². The number of benzene rings is 2. The quantitative estimate of drug-likeness (QED) is 0.136. The van der Waals surface area contributed by atoms with Crippen molar-refractivity contribution in [2.24, 2.45) is 11.8 Å². The summed E-state index contributed by atoms with van der Waals surface area (Å²) in [5, 5.41) is 21.7. The number of ether oxygens (including phenoxy) is 2. The highest BCUT2D eigenvalue weighted by Crippen LogP contribution is 2.33. The number of esters is 2. The molecule has 0 radical (unpaired) electrons. The number of rotatable bonds is 6. The van der Waals surface area contributed by atoms with Crippen LogP contribution in [-0.4, -0.2) is 189 Å². The highest BCUT2D eigenvalue weighted by molar-refractivity contribution is 6.02. The van der Waals surface area contributed by atoms with E-state index < -0.39 is 144 Å². The van der Waals surface area contributed by atoms with Gasteiger partial charge in [-0.15, -0.1) is 0 Å². The molecule has 8 rings (SSSR count). The fraction of sp³-hybridized carbons (Fsp3) is 0.491. The molecule has 2 fully saturated rings. The minimum atomic E-state index is -1.73. The van der Waals surface area contributed by atoms with Gasteiger partial charge in [0.05, 0.1) is 22.7 Å². The molecule has 0 spiro atoms. The van der Waals surface area contributed by atoms with Gasteiger partial charge in [0, 0.05) is 33.6 Å². The molecule has 4 heterocycles. The maximum atomic E-state index is 15.1. The summed E-state index contributed by atoms with van der Waals surface area (Å²) in [6, 6.07) is 3.37. The van der Waals surface area contributed by atoms with Crippen LogP contribution in [0, 0.1) is 11.8 Å². The van der Waals surface area contributed by atoms with E-state index in [0.29, 0.717) is 60.5 Å². The number of aromatic nitrogens is 3. The number of likely N-dealkylation sites (N-methyl/N-ethyl adjacent to an activating group) is 4. The van der Waals surface area contributed by atoms with Crippen molar-refractivity contribution >= 4 is 81.1 Å². The van der Waals surface area contributed by atoms with E-state index in [1.54, 1.807) is 60.7 Å². The second-order valence-corrected chi connectivity index (χ2v) is 21.3. The molecule has 2 aliphatic carbocycles. The standard InChI is InChI=1S/C57H69N11O13/c1-31-52(74)65(3)42-25-15-16-26-43(54(76)67(5)46(33-17-7-8-18-33)56(78)80-29-40(49(71)59-31)63-48(70)39-28-58-37-23-13-14-24-38(37)61-39)66(4)53(75)32(2)60-50(72)41(30-81-57(79)47(68(6)55(42)77)34-19-9-10-20-34)64-51(73)45-44(69)27-35-21-11-12-22-36(35)62-45/h11-16,21-24,27-28,31-34,40-43,46-47,69H,7-10,17-20,25-26,29-30H2,1-6H3,(H,59,71)(H,60,72)(H,63,70)(H,64,73)/b16-15-/t31-,32-,40+,41+,42-,43-,46-,47-/m0/s1. The summed E-state index contributed by atoms with van der Waals surface area (Å²) < 4.78 is 11.7. The van der Waals surface area contributed by atoms with Crippen LogP contribution in [0.15, 0.2) is 72.9 Å². The Kier molecular flexibility index (Phi) is 18.6. The molecule has 4 aliphatic rings. The Morgan fingerprint density at radius 2 is 1.02 bits per heavy atom. The molecule has 8 atom stereocenters. The molecule has 2 bridgehead atoms. The Bertz CT molecular complexity index is 3120. The normalized spacial score (nSPS) is 26.4. The molecule has 81 heavy (non-hydrogen) atoms. The molecule has 2 aromatic heterocycles. The van der Waals surface area contributed by atoms with E-state index in [0.717, 1.165) is 22.6 Å². The molecular weight excluding hydrogens is 1050 g/mol. The maximum Gasteiger partial charge on any atom is 0.329 e. The molecule has 0 unspecified atom stereocenters. The summed E-state index contributed by atoms with van der Waals surface area (Å²) >= 11 is 0. The molecule has 5 N–H and O–H groups in total. The smallest absolute Gasteiger partial charge is 0.329 e. The lowest BCUT2D eigenvalue weighted by atomic mass is 9.95. The number of fused-ring (bicyclic) bond motifs is 6. The van der Waals surface area contributed by atoms with Gasteiger partial charge in [-0.3, -0.25) is 43.3 Å². The predicted octanol–water partition coefficient (Wildman–Crippen LogP) is 1.93. The van der Waals surface area contributed by atoms with Gasteiger partial charge in [-0.2, -0.15) is 0 Å². The molecule has 0 saturated heterocycles. The third-order valence-electron chi connectivity index (χ3n) is 15.9. The van der Waals surface area contributed by atoms with Gasteiger partial charge in [0.25, 0.3) is 11.8 Å². The van der Waals surface area contributed by atoms with Gasteiger partial charge in [0.15, 0.2) is 5.69 Å². The maximum absolute atomic E-state index is 15.1. The summed E-state index contributed by atoms with van der Waals surface area (Å²) in [4.78, 5) is 163. The van der Waals surface area contributed by atoms with Crippen LogP contribution in [-0.2, 0) is 47.8 Å². The zero-order valence-electron chi connectivity index (χ0n) is 46.2. The average molecular weight is 1120 g/mol. The molecule has 2 saturated carbocycles. The summed E-state index contributed by atoms with van der Waals surface area (Å²) in [6.45, 7) is 1.13. The van der Waals surface area contributed by atoms with Gasteiger partial charge in [-0.05, 0) is 88.5 Å². The summed E-state index contributed by atoms with van der Waals surface area (Å²) in [5.41, 5.74) is 0.614. The number of pyridine rings is 1. The van der Waals surface area contributed by atoms with Crippen molar-refractivity contribution in [2.75, 3.05) is 41.4 Å². The van der Waals surface area contributed by atoms with Gasteiger partial charge < -0.3 is 55.4 Å². The Morgan fingerprint density at radius 1 is 0.580 bits per heavy atom. The minimum Gasteiger partial charge on any atom is -0.505 e. The van der Waals surface area contributed by atoms with Gasteiger partial charge in [-0.25, -0.2) is 19.6 Å². The molecule has 2 aromatic carbocycles. The van der Waals surface area contributed by atoms with Gasteiger partial charge >= 0.3 is 11.9 Å². The number of cyclic esters (lactones) is 2. The number of nitrogens with one attached hydrogen (secondary N) is 4. The van der Waals surface area contributed by atoms with E-state index in [1.807, 2.05) is 0 Å². The average Bonchev–Trinajstić information content (AvgIpc) is 4.22. The van der Waals surface area contributed by atoms with E-state index in [-0.39, 0.29) is 18.5 Å². The lowest BCUT2D eigenvalue weighted by Crippen LogP contribution is -2.60. The van der Waals surface area contributed by atoms with Crippen LogP contribution in [0.4, 0.5) is 0 Å². The molecule has 24 heteroatoms. The molecule has 4 aromatic rings. The Balaban J connectivity index is 1.18. The van der Waals surface area contributed by atoms with Crippen molar-refractivity contribution in [1.82, 2.24) is 55.8 Å². The van der Waals surface area contributed by atoms with Crippen molar-refractivity contribution in [3.8, 4) is 5.75 Å². The van der Waals surface area contributed by atoms with Crippen molar-refractivity contribution in [3.05, 3.63) is 84.3 Å². The number of hydrogen-bond donors (Lipinski definition) is 5.